The second kappa shape index (κ2) is 3.41. The number of carbonyl (C=O) groups is 1. The average molecular weight is 120 g/mol. The maximum Gasteiger partial charge on any atom is 0.300 e. The van der Waals surface area contributed by atoms with E-state index in [0.29, 0.717) is 0 Å². The highest BCUT2D eigenvalue weighted by atomic mass is 19.1. The maximum absolute atomic E-state index is 11.1. The van der Waals surface area contributed by atoms with Crippen LogP contribution in [0.25, 0.3) is 0 Å². The van der Waals surface area contributed by atoms with Crippen molar-refractivity contribution in [3.05, 3.63) is 0 Å². The molecule has 0 unspecified atom stereocenters. The van der Waals surface area contributed by atoms with Gasteiger partial charge in [-0.1, -0.05) is 0 Å². The van der Waals surface area contributed by atoms with E-state index in [1.165, 1.54) is 0 Å². The van der Waals surface area contributed by atoms with Gasteiger partial charge in [0.05, 0.1) is 0 Å². The van der Waals surface area contributed by atoms with E-state index in [1.807, 2.05) is 0 Å². The molecule has 1 aliphatic rings. The maximum atomic E-state index is 11.1. The van der Waals surface area contributed by atoms with Crippen LogP contribution in [0.5, 0.6) is 0 Å². The third kappa shape index (κ3) is 18.2. The Bertz CT molecular complexity index is 74.5. The van der Waals surface area contributed by atoms with E-state index in [0.717, 1.165) is 19.8 Å². The van der Waals surface area contributed by atoms with Crippen molar-refractivity contribution in [3.8, 4) is 0 Å². The van der Waals surface area contributed by atoms with Gasteiger partial charge in [0.25, 0.3) is 5.97 Å². The van der Waals surface area contributed by atoms with Crippen molar-refractivity contribution in [1.29, 1.82) is 0 Å². The molecular formula is C5H9FO2. The summed E-state index contributed by atoms with van der Waals surface area (Å²) in [6.07, 6.45) is 1.22. The molecule has 0 spiro atoms. The fourth-order valence-corrected chi connectivity index (χ4v) is 0.0630. The highest BCUT2D eigenvalue weighted by Gasteiger charge is 2.18. The molecule has 1 N–H and O–H groups in total. The van der Waals surface area contributed by atoms with Crippen molar-refractivity contribution in [2.24, 2.45) is 0 Å². The molecule has 1 saturated carbocycles. The topological polar surface area (TPSA) is 37.3 Å². The largest absolute Gasteiger partial charge is 0.481 e. The summed E-state index contributed by atoms with van der Waals surface area (Å²) in [5.74, 6) is -0.833. The number of halogens is 1. The third-order valence-corrected chi connectivity index (χ3v) is 0.507. The van der Waals surface area contributed by atoms with Crippen molar-refractivity contribution in [2.75, 3.05) is 0 Å². The van der Waals surface area contributed by atoms with E-state index >= 15 is 0 Å². The summed E-state index contributed by atoms with van der Waals surface area (Å²) in [7, 11) is 0. The zero-order valence-electron chi connectivity index (χ0n) is 4.72. The highest BCUT2D eigenvalue weighted by molar-refractivity contribution is 5.62. The normalized spacial score (nSPS) is 16.2. The van der Waals surface area contributed by atoms with Crippen LogP contribution in [-0.2, 0) is 4.79 Å². The van der Waals surface area contributed by atoms with Crippen molar-refractivity contribution < 1.29 is 14.3 Å². The number of hydrogen-bond acceptors (Lipinski definition) is 1. The van der Waals surface area contributed by atoms with E-state index in [4.69, 9.17) is 9.90 Å². The molecule has 0 saturated heterocycles. The molecule has 0 aromatic carbocycles. The molecule has 0 aromatic heterocycles. The second-order valence-electron chi connectivity index (χ2n) is 1.69. The molecule has 0 atom stereocenters. The van der Waals surface area contributed by atoms with Gasteiger partial charge in [-0.2, -0.15) is 0 Å². The fourth-order valence-electron chi connectivity index (χ4n) is 0.0630. The van der Waals surface area contributed by atoms with Gasteiger partial charge < -0.3 is 5.11 Å². The highest BCUT2D eigenvalue weighted by Crippen LogP contribution is 2.22. The number of hydrogen-bond donors (Lipinski definition) is 1. The SMILES string of the molecule is CC(=O)O.FC1CC1. The Morgan fingerprint density at radius 2 is 1.88 bits per heavy atom. The van der Waals surface area contributed by atoms with Crippen molar-refractivity contribution in [3.63, 3.8) is 0 Å². The number of alkyl halides is 1. The van der Waals surface area contributed by atoms with Crippen molar-refractivity contribution in [2.45, 2.75) is 25.9 Å². The number of carboxylic acids is 1. The van der Waals surface area contributed by atoms with Crippen LogP contribution >= 0.6 is 0 Å². The van der Waals surface area contributed by atoms with E-state index in [-0.39, 0.29) is 0 Å². The molecule has 2 nitrogen and oxygen atoms in total. The molecule has 0 amide bonds. The zero-order chi connectivity index (χ0) is 6.57. The molecule has 8 heavy (non-hydrogen) atoms. The minimum Gasteiger partial charge on any atom is -0.481 e. The summed E-state index contributed by atoms with van der Waals surface area (Å²) in [6.45, 7) is 1.08. The standard InChI is InChI=1S/C3H5F.C2H4O2/c4-3-1-2-3;1-2(3)4/h3H,1-2H2;1H3,(H,3,4). The molecule has 1 fully saturated rings. The monoisotopic (exact) mass is 120 g/mol. The third-order valence-electron chi connectivity index (χ3n) is 0.507. The van der Waals surface area contributed by atoms with Gasteiger partial charge in [-0.25, -0.2) is 4.39 Å². The van der Waals surface area contributed by atoms with Gasteiger partial charge >= 0.3 is 0 Å². The van der Waals surface area contributed by atoms with Crippen LogP contribution in [0.4, 0.5) is 4.39 Å². The number of aliphatic carboxylic acids is 1. The first-order chi connectivity index (χ1) is 3.63. The van der Waals surface area contributed by atoms with Crippen LogP contribution in [0.15, 0.2) is 0 Å². The fraction of sp³-hybridized carbons (Fsp3) is 0.800. The van der Waals surface area contributed by atoms with E-state index in [1.54, 1.807) is 0 Å². The van der Waals surface area contributed by atoms with Gasteiger partial charge in [-0.05, 0) is 12.8 Å². The minimum absolute atomic E-state index is 0.417. The quantitative estimate of drug-likeness (QED) is 0.521. The predicted molar refractivity (Wildman–Crippen MR) is 27.4 cm³/mol. The molecule has 3 heteroatoms. The summed E-state index contributed by atoms with van der Waals surface area (Å²) in [4.78, 5) is 9.00. The van der Waals surface area contributed by atoms with Gasteiger partial charge in [0.2, 0.25) is 0 Å². The molecular weight excluding hydrogens is 111 g/mol. The lowest BCUT2D eigenvalue weighted by atomic mass is 10.9. The van der Waals surface area contributed by atoms with E-state index < -0.39 is 12.1 Å². The first-order valence-electron chi connectivity index (χ1n) is 2.46. The van der Waals surface area contributed by atoms with Crippen molar-refractivity contribution >= 4 is 5.97 Å². The molecule has 1 rings (SSSR count). The Kier molecular flexibility index (Phi) is 3.15. The lowest BCUT2D eigenvalue weighted by Crippen LogP contribution is -1.78. The van der Waals surface area contributed by atoms with Crippen LogP contribution in [0.2, 0.25) is 0 Å². The lowest BCUT2D eigenvalue weighted by molar-refractivity contribution is -0.134. The summed E-state index contributed by atoms with van der Waals surface area (Å²) in [5.41, 5.74) is 0. The van der Waals surface area contributed by atoms with Crippen LogP contribution in [0, 0.1) is 0 Å². The molecule has 0 aliphatic heterocycles. The number of carboxylic acid groups (broad SMARTS) is 1. The molecule has 48 valence electrons. The summed E-state index contributed by atoms with van der Waals surface area (Å²) >= 11 is 0. The Labute approximate surface area is 47.3 Å². The van der Waals surface area contributed by atoms with E-state index in [9.17, 15) is 4.39 Å². The second-order valence-corrected chi connectivity index (χ2v) is 1.69. The minimum atomic E-state index is -0.833. The van der Waals surface area contributed by atoms with Crippen LogP contribution in [0.3, 0.4) is 0 Å². The molecule has 1 aliphatic carbocycles. The van der Waals surface area contributed by atoms with Crippen LogP contribution in [-0.4, -0.2) is 17.2 Å². The van der Waals surface area contributed by atoms with Gasteiger partial charge in [0, 0.05) is 6.92 Å². The average Bonchev–Trinajstić information content (AvgIpc) is 2.19. The Balaban J connectivity index is 0.000000122. The molecule has 0 radical (unpaired) electrons. The zero-order valence-corrected chi connectivity index (χ0v) is 4.72. The summed E-state index contributed by atoms with van der Waals surface area (Å²) in [6, 6.07) is 0. The Morgan fingerprint density at radius 1 is 1.75 bits per heavy atom. The van der Waals surface area contributed by atoms with Crippen LogP contribution in [0.1, 0.15) is 19.8 Å². The van der Waals surface area contributed by atoms with Crippen LogP contribution < -0.4 is 0 Å². The van der Waals surface area contributed by atoms with Gasteiger partial charge in [0.15, 0.2) is 0 Å². The smallest absolute Gasteiger partial charge is 0.300 e. The van der Waals surface area contributed by atoms with Gasteiger partial charge in [-0.15, -0.1) is 0 Å². The van der Waals surface area contributed by atoms with Gasteiger partial charge in [-0.3, -0.25) is 4.79 Å². The van der Waals surface area contributed by atoms with E-state index in [2.05, 4.69) is 0 Å². The molecule has 0 heterocycles. The molecule has 0 bridgehead atoms. The Hall–Kier alpha value is -0.600. The summed E-state index contributed by atoms with van der Waals surface area (Å²) in [5, 5.41) is 7.42. The first-order valence-corrected chi connectivity index (χ1v) is 2.46. The predicted octanol–water partition coefficient (Wildman–Crippen LogP) is 1.21. The Morgan fingerprint density at radius 3 is 1.88 bits per heavy atom. The van der Waals surface area contributed by atoms with Crippen molar-refractivity contribution in [1.82, 2.24) is 0 Å². The first kappa shape index (κ1) is 7.40. The summed E-state index contributed by atoms with van der Waals surface area (Å²) < 4.78 is 11.1. The number of rotatable bonds is 0. The molecule has 0 aromatic rings. The lowest BCUT2D eigenvalue weighted by Gasteiger charge is -1.59. The van der Waals surface area contributed by atoms with Gasteiger partial charge in [0.1, 0.15) is 6.17 Å².